The van der Waals surface area contributed by atoms with Crippen LogP contribution in [-0.2, 0) is 20.3 Å². The summed E-state index contributed by atoms with van der Waals surface area (Å²) in [5.74, 6) is -0.383. The molecule has 0 aromatic heterocycles. The highest BCUT2D eigenvalue weighted by molar-refractivity contribution is 7.62. The van der Waals surface area contributed by atoms with Crippen LogP contribution in [0.2, 0.25) is 0 Å². The lowest BCUT2D eigenvalue weighted by atomic mass is 10.1. The van der Waals surface area contributed by atoms with Crippen molar-refractivity contribution in [1.29, 1.82) is 0 Å². The van der Waals surface area contributed by atoms with Crippen LogP contribution in [0.3, 0.4) is 0 Å². The monoisotopic (exact) mass is 409 g/mol. The number of nitrogens with two attached hydrogens (primary N) is 2. The number of carbonyl (C=O) groups excluding carboxylic acids is 1. The fourth-order valence-corrected chi connectivity index (χ4v) is 3.84. The molecule has 0 bridgehead atoms. The Morgan fingerprint density at radius 3 is 2.31 bits per heavy atom. The summed E-state index contributed by atoms with van der Waals surface area (Å²) in [6.07, 6.45) is 2.03. The average Bonchev–Trinajstić information content (AvgIpc) is 2.53. The summed E-state index contributed by atoms with van der Waals surface area (Å²) in [6.45, 7) is 0.593. The Balaban J connectivity index is 2.77. The van der Waals surface area contributed by atoms with Gasteiger partial charge >= 0.3 is 15.2 Å². The molecule has 1 unspecified atom stereocenters. The molecule has 148 valence electrons. The molecule has 0 fully saturated rings. The summed E-state index contributed by atoms with van der Waals surface area (Å²) in [7, 11) is -9.39. The number of hydrogen-bond donors (Lipinski definition) is 7. The molecule has 1 amide bonds. The van der Waals surface area contributed by atoms with Crippen molar-refractivity contribution in [2.75, 3.05) is 13.1 Å². The molecule has 0 radical (unpaired) electrons. The molecule has 1 aromatic rings. The third-order valence-electron chi connectivity index (χ3n) is 3.72. The van der Waals surface area contributed by atoms with E-state index in [9.17, 15) is 23.7 Å². The van der Waals surface area contributed by atoms with E-state index in [1.807, 2.05) is 0 Å². The highest BCUT2D eigenvalue weighted by Crippen LogP contribution is 2.38. The van der Waals surface area contributed by atoms with Crippen molar-refractivity contribution in [3.63, 3.8) is 0 Å². The Labute approximate surface area is 151 Å². The van der Waals surface area contributed by atoms with Crippen LogP contribution in [0.15, 0.2) is 18.2 Å². The first-order valence-electron chi connectivity index (χ1n) is 7.95. The van der Waals surface area contributed by atoms with E-state index < -0.39 is 31.8 Å². The lowest BCUT2D eigenvalue weighted by Crippen LogP contribution is -2.41. The highest BCUT2D eigenvalue weighted by Gasteiger charge is 2.26. The van der Waals surface area contributed by atoms with Crippen LogP contribution in [0.5, 0.6) is 0 Å². The van der Waals surface area contributed by atoms with Gasteiger partial charge in [-0.25, -0.2) is 0 Å². The standard InChI is InChI=1S/C14H25N3O7P2/c15-7-2-1-3-12(16)14(18)17-8-6-10-4-5-11(25(19,20)21)9-13(10)26(22,23)24/h4-5,9,12H,1-3,6-8,15-16H2,(H,17,18)(H2,19,20,21)(H2,22,23,24). The third-order valence-corrected chi connectivity index (χ3v) is 5.71. The van der Waals surface area contributed by atoms with Crippen molar-refractivity contribution < 1.29 is 33.5 Å². The van der Waals surface area contributed by atoms with Gasteiger partial charge in [-0.3, -0.25) is 13.9 Å². The lowest BCUT2D eigenvalue weighted by Gasteiger charge is -2.15. The van der Waals surface area contributed by atoms with E-state index >= 15 is 0 Å². The normalized spacial score (nSPS) is 13.5. The number of nitrogens with one attached hydrogen (secondary N) is 1. The third kappa shape index (κ3) is 7.26. The fraction of sp³-hybridized carbons (Fsp3) is 0.500. The first-order chi connectivity index (χ1) is 12.0. The zero-order valence-electron chi connectivity index (χ0n) is 14.1. The fourth-order valence-electron chi connectivity index (χ4n) is 2.31. The van der Waals surface area contributed by atoms with Gasteiger partial charge in [0.1, 0.15) is 0 Å². The molecular weight excluding hydrogens is 384 g/mol. The second-order valence-electron chi connectivity index (χ2n) is 5.83. The highest BCUT2D eigenvalue weighted by atomic mass is 31.2. The summed E-state index contributed by atoms with van der Waals surface area (Å²) in [6, 6.07) is 2.45. The number of amides is 1. The van der Waals surface area contributed by atoms with Gasteiger partial charge in [-0.1, -0.05) is 12.5 Å². The maximum atomic E-state index is 11.9. The minimum atomic E-state index is -4.75. The molecule has 0 aliphatic heterocycles. The van der Waals surface area contributed by atoms with Gasteiger partial charge < -0.3 is 36.4 Å². The number of carbonyl (C=O) groups is 1. The molecule has 0 saturated heterocycles. The summed E-state index contributed by atoms with van der Waals surface area (Å²) >= 11 is 0. The van der Waals surface area contributed by atoms with Crippen LogP contribution in [0, 0.1) is 0 Å². The van der Waals surface area contributed by atoms with Crippen LogP contribution in [0.1, 0.15) is 24.8 Å². The summed E-state index contributed by atoms with van der Waals surface area (Å²) in [4.78, 5) is 49.0. The number of unbranched alkanes of at least 4 members (excludes halogenated alkanes) is 1. The van der Waals surface area contributed by atoms with Crippen LogP contribution in [-0.4, -0.2) is 44.6 Å². The SMILES string of the molecule is NCCCCC(N)C(=O)NCCc1ccc(P(=O)(O)O)cc1P(=O)(O)O. The van der Waals surface area contributed by atoms with Crippen molar-refractivity contribution in [3.05, 3.63) is 23.8 Å². The van der Waals surface area contributed by atoms with E-state index in [2.05, 4.69) is 5.32 Å². The first kappa shape index (κ1) is 23.0. The van der Waals surface area contributed by atoms with Gasteiger partial charge in [0.25, 0.3) is 0 Å². The molecule has 10 nitrogen and oxygen atoms in total. The molecule has 0 aliphatic carbocycles. The Morgan fingerprint density at radius 2 is 1.77 bits per heavy atom. The molecule has 9 N–H and O–H groups in total. The Morgan fingerprint density at radius 1 is 1.12 bits per heavy atom. The summed E-state index contributed by atoms with van der Waals surface area (Å²) in [5, 5.41) is 1.63. The van der Waals surface area contributed by atoms with Gasteiger partial charge in [-0.2, -0.15) is 0 Å². The molecule has 0 heterocycles. The maximum absolute atomic E-state index is 11.9. The van der Waals surface area contributed by atoms with E-state index in [1.54, 1.807) is 0 Å². The minimum absolute atomic E-state index is 0.0726. The lowest BCUT2D eigenvalue weighted by molar-refractivity contribution is -0.122. The van der Waals surface area contributed by atoms with E-state index in [-0.39, 0.29) is 24.4 Å². The zero-order valence-corrected chi connectivity index (χ0v) is 15.9. The van der Waals surface area contributed by atoms with Crippen LogP contribution in [0.25, 0.3) is 0 Å². The second kappa shape index (κ2) is 9.73. The molecular formula is C14H25N3O7P2. The number of hydrogen-bond acceptors (Lipinski definition) is 5. The largest absolute Gasteiger partial charge is 0.356 e. The molecule has 1 atom stereocenters. The predicted molar refractivity (Wildman–Crippen MR) is 97.4 cm³/mol. The van der Waals surface area contributed by atoms with Crippen molar-refractivity contribution in [1.82, 2.24) is 5.32 Å². The van der Waals surface area contributed by atoms with Crippen molar-refractivity contribution >= 4 is 31.7 Å². The average molecular weight is 409 g/mol. The van der Waals surface area contributed by atoms with E-state index in [0.29, 0.717) is 13.0 Å². The minimum Gasteiger partial charge on any atom is -0.354 e. The molecule has 26 heavy (non-hydrogen) atoms. The van der Waals surface area contributed by atoms with Crippen molar-refractivity contribution in [2.45, 2.75) is 31.7 Å². The Bertz CT molecular complexity index is 716. The Hall–Kier alpha value is -1.09. The van der Waals surface area contributed by atoms with Crippen molar-refractivity contribution in [2.24, 2.45) is 11.5 Å². The Kier molecular flexibility index (Phi) is 8.59. The van der Waals surface area contributed by atoms with Crippen LogP contribution >= 0.6 is 15.2 Å². The van der Waals surface area contributed by atoms with E-state index in [0.717, 1.165) is 25.0 Å². The number of rotatable bonds is 10. The van der Waals surface area contributed by atoms with E-state index in [1.165, 1.54) is 6.07 Å². The molecule has 0 saturated carbocycles. The van der Waals surface area contributed by atoms with Gasteiger partial charge in [0.2, 0.25) is 5.91 Å². The zero-order chi connectivity index (χ0) is 20.0. The summed E-state index contributed by atoms with van der Waals surface area (Å²) < 4.78 is 22.9. The van der Waals surface area contributed by atoms with E-state index in [4.69, 9.17) is 21.3 Å². The molecule has 0 aliphatic rings. The molecule has 12 heteroatoms. The van der Waals surface area contributed by atoms with Gasteiger partial charge in [0, 0.05) is 6.54 Å². The van der Waals surface area contributed by atoms with Gasteiger partial charge in [0.05, 0.1) is 16.7 Å². The van der Waals surface area contributed by atoms with Crippen LogP contribution in [0.4, 0.5) is 0 Å². The maximum Gasteiger partial charge on any atom is 0.356 e. The molecule has 1 rings (SSSR count). The molecule has 1 aromatic carbocycles. The van der Waals surface area contributed by atoms with Crippen molar-refractivity contribution in [3.8, 4) is 0 Å². The quantitative estimate of drug-likeness (QED) is 0.176. The first-order valence-corrected chi connectivity index (χ1v) is 11.2. The number of benzene rings is 1. The molecule has 0 spiro atoms. The topological polar surface area (TPSA) is 196 Å². The predicted octanol–water partition coefficient (Wildman–Crippen LogP) is -1.59. The van der Waals surface area contributed by atoms with Gasteiger partial charge in [-0.05, 0) is 43.5 Å². The second-order valence-corrected chi connectivity index (χ2v) is 9.01. The van der Waals surface area contributed by atoms with Gasteiger partial charge in [0.15, 0.2) is 0 Å². The smallest absolute Gasteiger partial charge is 0.354 e. The van der Waals surface area contributed by atoms with Gasteiger partial charge in [-0.15, -0.1) is 0 Å². The van der Waals surface area contributed by atoms with Crippen LogP contribution < -0.4 is 27.4 Å². The summed E-state index contributed by atoms with van der Waals surface area (Å²) in [5.41, 5.74) is 11.3.